The SMILES string of the molecule is Cc1cc(Nc2nc(Nc3cc(C)c(C4CCN(CC(N)=O)C(C)C4)cc3F)ncc2C)n[nH]1. The van der Waals surface area contributed by atoms with E-state index in [0.29, 0.717) is 23.3 Å². The van der Waals surface area contributed by atoms with Crippen molar-refractivity contribution in [3.05, 3.63) is 52.6 Å². The normalized spacial score (nSPS) is 18.6. The second kappa shape index (κ2) is 9.76. The van der Waals surface area contributed by atoms with Crippen molar-refractivity contribution in [3.63, 3.8) is 0 Å². The molecule has 0 bridgehead atoms. The number of rotatable bonds is 7. The maximum absolute atomic E-state index is 15.1. The Balaban J connectivity index is 1.49. The molecule has 1 aliphatic rings. The Kier molecular flexibility index (Phi) is 6.78. The van der Waals surface area contributed by atoms with Crippen LogP contribution in [0.15, 0.2) is 24.4 Å². The summed E-state index contributed by atoms with van der Waals surface area (Å²) in [5.74, 6) is 1.09. The largest absolute Gasteiger partial charge is 0.369 e. The zero-order valence-electron chi connectivity index (χ0n) is 19.9. The van der Waals surface area contributed by atoms with E-state index in [2.05, 4.69) is 42.6 Å². The molecule has 2 atom stereocenters. The first kappa shape index (κ1) is 23.6. The Hall–Kier alpha value is -3.53. The number of carbonyl (C=O) groups excluding carboxylic acids is 1. The molecule has 0 radical (unpaired) electrons. The summed E-state index contributed by atoms with van der Waals surface area (Å²) in [5, 5.41) is 13.2. The highest BCUT2D eigenvalue weighted by molar-refractivity contribution is 5.76. The molecule has 180 valence electrons. The lowest BCUT2D eigenvalue weighted by Crippen LogP contribution is -2.44. The van der Waals surface area contributed by atoms with Crippen LogP contribution in [0.5, 0.6) is 0 Å². The fourth-order valence-corrected chi connectivity index (χ4v) is 4.52. The van der Waals surface area contributed by atoms with Gasteiger partial charge in [-0.3, -0.25) is 14.8 Å². The predicted octanol–water partition coefficient (Wildman–Crippen LogP) is 3.80. The average molecular weight is 467 g/mol. The number of nitrogens with two attached hydrogens (primary N) is 1. The summed E-state index contributed by atoms with van der Waals surface area (Å²) in [7, 11) is 0. The number of aromatic amines is 1. The lowest BCUT2D eigenvalue weighted by atomic mass is 9.83. The molecular formula is C24H31FN8O. The Morgan fingerprint density at radius 2 is 2.03 bits per heavy atom. The van der Waals surface area contributed by atoms with Crippen LogP contribution in [0.2, 0.25) is 0 Å². The Morgan fingerprint density at radius 3 is 2.71 bits per heavy atom. The minimum atomic E-state index is -0.352. The molecule has 1 aliphatic heterocycles. The number of carbonyl (C=O) groups is 1. The summed E-state index contributed by atoms with van der Waals surface area (Å²) in [5.41, 5.74) is 9.45. The molecule has 9 nitrogen and oxygen atoms in total. The zero-order chi connectivity index (χ0) is 24.4. The summed E-state index contributed by atoms with van der Waals surface area (Å²) < 4.78 is 15.1. The molecule has 1 aromatic carbocycles. The molecule has 2 aromatic heterocycles. The van der Waals surface area contributed by atoms with Gasteiger partial charge in [0.15, 0.2) is 5.82 Å². The van der Waals surface area contributed by atoms with Crippen LogP contribution in [0.3, 0.4) is 0 Å². The van der Waals surface area contributed by atoms with Gasteiger partial charge in [-0.1, -0.05) is 0 Å². The molecule has 3 heterocycles. The van der Waals surface area contributed by atoms with Crippen molar-refractivity contribution in [1.82, 2.24) is 25.1 Å². The van der Waals surface area contributed by atoms with E-state index in [9.17, 15) is 4.79 Å². The van der Waals surface area contributed by atoms with Crippen molar-refractivity contribution in [1.29, 1.82) is 0 Å². The van der Waals surface area contributed by atoms with E-state index in [4.69, 9.17) is 5.73 Å². The summed E-state index contributed by atoms with van der Waals surface area (Å²) >= 11 is 0. The van der Waals surface area contributed by atoms with Crippen molar-refractivity contribution in [3.8, 4) is 0 Å². The van der Waals surface area contributed by atoms with Gasteiger partial charge in [-0.25, -0.2) is 9.37 Å². The third-order valence-corrected chi connectivity index (χ3v) is 6.34. The zero-order valence-corrected chi connectivity index (χ0v) is 19.9. The maximum atomic E-state index is 15.1. The van der Waals surface area contributed by atoms with E-state index in [-0.39, 0.29) is 30.2 Å². The number of likely N-dealkylation sites (tertiary alicyclic amines) is 1. The van der Waals surface area contributed by atoms with E-state index >= 15 is 4.39 Å². The summed E-state index contributed by atoms with van der Waals surface area (Å²) in [6.45, 7) is 8.90. The van der Waals surface area contributed by atoms with Crippen LogP contribution in [0.25, 0.3) is 0 Å². The smallest absolute Gasteiger partial charge is 0.231 e. The number of aryl methyl sites for hydroxylation is 3. The molecule has 4 rings (SSSR count). The molecule has 1 fully saturated rings. The van der Waals surface area contributed by atoms with Crippen LogP contribution in [-0.4, -0.2) is 50.1 Å². The number of anilines is 4. The van der Waals surface area contributed by atoms with Crippen molar-refractivity contribution in [2.45, 2.75) is 52.5 Å². The molecule has 2 unspecified atom stereocenters. The van der Waals surface area contributed by atoms with Gasteiger partial charge in [0.1, 0.15) is 11.6 Å². The molecule has 0 aliphatic carbocycles. The molecule has 1 saturated heterocycles. The van der Waals surface area contributed by atoms with Gasteiger partial charge < -0.3 is 16.4 Å². The first-order chi connectivity index (χ1) is 16.2. The van der Waals surface area contributed by atoms with E-state index in [1.54, 1.807) is 18.3 Å². The molecular weight excluding hydrogens is 435 g/mol. The number of hydrogen-bond donors (Lipinski definition) is 4. The number of nitrogens with zero attached hydrogens (tertiary/aromatic N) is 4. The Bertz CT molecular complexity index is 1190. The summed E-state index contributed by atoms with van der Waals surface area (Å²) in [4.78, 5) is 22.2. The van der Waals surface area contributed by atoms with Crippen molar-refractivity contribution in [2.24, 2.45) is 5.73 Å². The highest BCUT2D eigenvalue weighted by Gasteiger charge is 2.28. The number of nitrogens with one attached hydrogen (secondary N) is 3. The number of benzene rings is 1. The van der Waals surface area contributed by atoms with Gasteiger partial charge in [0.25, 0.3) is 0 Å². The van der Waals surface area contributed by atoms with Crippen LogP contribution in [0, 0.1) is 26.6 Å². The first-order valence-electron chi connectivity index (χ1n) is 11.4. The van der Waals surface area contributed by atoms with E-state index in [0.717, 1.165) is 41.8 Å². The molecule has 34 heavy (non-hydrogen) atoms. The summed E-state index contributed by atoms with van der Waals surface area (Å²) in [6.07, 6.45) is 3.38. The number of halogens is 1. The highest BCUT2D eigenvalue weighted by atomic mass is 19.1. The Morgan fingerprint density at radius 1 is 1.24 bits per heavy atom. The minimum Gasteiger partial charge on any atom is -0.369 e. The van der Waals surface area contributed by atoms with Gasteiger partial charge in [0.2, 0.25) is 11.9 Å². The number of H-pyrrole nitrogens is 1. The van der Waals surface area contributed by atoms with Gasteiger partial charge in [-0.05, 0) is 76.3 Å². The molecule has 3 aromatic rings. The number of amides is 1. The summed E-state index contributed by atoms with van der Waals surface area (Å²) in [6, 6.07) is 5.49. The molecule has 0 saturated carbocycles. The van der Waals surface area contributed by atoms with Crippen molar-refractivity contribution < 1.29 is 9.18 Å². The third kappa shape index (κ3) is 5.33. The van der Waals surface area contributed by atoms with Crippen LogP contribution in [0.4, 0.5) is 27.7 Å². The van der Waals surface area contributed by atoms with Crippen LogP contribution in [0.1, 0.15) is 48.1 Å². The topological polar surface area (TPSA) is 125 Å². The van der Waals surface area contributed by atoms with Gasteiger partial charge in [-0.15, -0.1) is 0 Å². The number of primary amides is 1. The first-order valence-corrected chi connectivity index (χ1v) is 11.4. The average Bonchev–Trinajstić information content (AvgIpc) is 3.18. The number of hydrogen-bond acceptors (Lipinski definition) is 7. The molecule has 5 N–H and O–H groups in total. The highest BCUT2D eigenvalue weighted by Crippen LogP contribution is 2.35. The second-order valence-electron chi connectivity index (χ2n) is 9.11. The third-order valence-electron chi connectivity index (χ3n) is 6.34. The lowest BCUT2D eigenvalue weighted by Gasteiger charge is -2.37. The van der Waals surface area contributed by atoms with Crippen molar-refractivity contribution >= 4 is 29.2 Å². The fourth-order valence-electron chi connectivity index (χ4n) is 4.52. The minimum absolute atomic E-state index is 0.205. The van der Waals surface area contributed by atoms with Gasteiger partial charge in [-0.2, -0.15) is 10.1 Å². The number of piperidine rings is 1. The maximum Gasteiger partial charge on any atom is 0.231 e. The Labute approximate surface area is 198 Å². The standard InChI is InChI=1S/C24H31FN8O/c1-13-7-20(19(25)10-18(13)17-5-6-33(12-21(26)34)16(4)9-17)28-24-27-11-14(2)23(30-24)29-22-8-15(3)31-32-22/h7-8,10-11,16-17H,5-6,9,12H2,1-4H3,(H2,26,34)(H3,27,28,29,30,31,32). The fraction of sp³-hybridized carbons (Fsp3) is 0.417. The molecule has 1 amide bonds. The monoisotopic (exact) mass is 466 g/mol. The van der Waals surface area contributed by atoms with E-state index < -0.39 is 0 Å². The van der Waals surface area contributed by atoms with Crippen molar-refractivity contribution in [2.75, 3.05) is 23.7 Å². The molecule has 10 heteroatoms. The van der Waals surface area contributed by atoms with Crippen LogP contribution < -0.4 is 16.4 Å². The van der Waals surface area contributed by atoms with Gasteiger partial charge in [0.05, 0.1) is 12.2 Å². The number of aromatic nitrogens is 4. The van der Waals surface area contributed by atoms with Gasteiger partial charge >= 0.3 is 0 Å². The van der Waals surface area contributed by atoms with Crippen LogP contribution in [-0.2, 0) is 4.79 Å². The molecule has 0 spiro atoms. The van der Waals surface area contributed by atoms with E-state index in [1.807, 2.05) is 26.8 Å². The second-order valence-corrected chi connectivity index (χ2v) is 9.11. The lowest BCUT2D eigenvalue weighted by molar-refractivity contribution is -0.120. The van der Waals surface area contributed by atoms with E-state index in [1.165, 1.54) is 0 Å². The van der Waals surface area contributed by atoms with Crippen LogP contribution >= 0.6 is 0 Å². The van der Waals surface area contributed by atoms with Gasteiger partial charge in [0, 0.05) is 29.6 Å². The quantitative estimate of drug-likeness (QED) is 0.417. The predicted molar refractivity (Wildman–Crippen MR) is 130 cm³/mol.